The van der Waals surface area contributed by atoms with E-state index in [1.807, 2.05) is 26.0 Å². The number of hydrogen-bond donors (Lipinski definition) is 0. The molecule has 2 rings (SSSR count). The molecule has 0 N–H and O–H groups in total. The highest BCUT2D eigenvalue weighted by atomic mass is 16.5. The number of ether oxygens (including phenoxy) is 2. The molecule has 0 aliphatic heterocycles. The fourth-order valence-electron chi connectivity index (χ4n) is 2.06. The number of ketones is 1. The first-order valence-corrected chi connectivity index (χ1v) is 6.14. The average molecular weight is 272 g/mol. The van der Waals surface area contributed by atoms with Crippen LogP contribution in [0.5, 0.6) is 11.6 Å². The van der Waals surface area contributed by atoms with E-state index in [1.54, 1.807) is 19.2 Å². The number of carbonyl (C=O) groups excluding carboxylic acids is 1. The van der Waals surface area contributed by atoms with Gasteiger partial charge < -0.3 is 9.47 Å². The number of carbonyl (C=O) groups is 1. The van der Waals surface area contributed by atoms with E-state index in [-0.39, 0.29) is 11.5 Å². The van der Waals surface area contributed by atoms with Crippen LogP contribution in [0.15, 0.2) is 24.3 Å². The van der Waals surface area contributed by atoms with E-state index in [9.17, 15) is 4.79 Å². The van der Waals surface area contributed by atoms with E-state index in [0.29, 0.717) is 17.2 Å². The highest BCUT2D eigenvalue weighted by Crippen LogP contribution is 2.26. The van der Waals surface area contributed by atoms with Crippen LogP contribution in [-0.2, 0) is 0 Å². The van der Waals surface area contributed by atoms with Gasteiger partial charge >= 0.3 is 0 Å². The standard InChI is InChI=1S/C15H16N2O3/c1-9-7-10(2)14(12(8-9)19-3)15(18)11-5-6-13(20-4)17-16-11/h5-8H,1-4H3. The van der Waals surface area contributed by atoms with E-state index >= 15 is 0 Å². The fourth-order valence-corrected chi connectivity index (χ4v) is 2.06. The minimum absolute atomic E-state index is 0.213. The van der Waals surface area contributed by atoms with Crippen LogP contribution < -0.4 is 9.47 Å². The maximum Gasteiger partial charge on any atom is 0.233 e. The molecule has 0 fully saturated rings. The van der Waals surface area contributed by atoms with Crippen molar-refractivity contribution in [2.45, 2.75) is 13.8 Å². The Morgan fingerprint density at radius 2 is 1.80 bits per heavy atom. The predicted octanol–water partition coefficient (Wildman–Crippen LogP) is 2.34. The summed E-state index contributed by atoms with van der Waals surface area (Å²) in [6.45, 7) is 3.83. The van der Waals surface area contributed by atoms with E-state index in [0.717, 1.165) is 11.1 Å². The number of hydrogen-bond acceptors (Lipinski definition) is 5. The quantitative estimate of drug-likeness (QED) is 0.799. The lowest BCUT2D eigenvalue weighted by molar-refractivity contribution is 0.102. The van der Waals surface area contributed by atoms with Gasteiger partial charge in [-0.25, -0.2) is 0 Å². The van der Waals surface area contributed by atoms with Crippen molar-refractivity contribution < 1.29 is 14.3 Å². The van der Waals surface area contributed by atoms with Crippen LogP contribution in [-0.4, -0.2) is 30.2 Å². The molecule has 5 heteroatoms. The SMILES string of the molecule is COc1ccc(C(=O)c2c(C)cc(C)cc2OC)nn1. The molecule has 0 spiro atoms. The zero-order valence-electron chi connectivity index (χ0n) is 11.9. The summed E-state index contributed by atoms with van der Waals surface area (Å²) in [5, 5.41) is 7.70. The van der Waals surface area contributed by atoms with Gasteiger partial charge in [0.1, 0.15) is 11.4 Å². The summed E-state index contributed by atoms with van der Waals surface area (Å²) in [6.07, 6.45) is 0. The molecule has 0 aliphatic carbocycles. The summed E-state index contributed by atoms with van der Waals surface area (Å²) in [7, 11) is 3.04. The molecular formula is C15H16N2O3. The molecule has 5 nitrogen and oxygen atoms in total. The Kier molecular flexibility index (Phi) is 3.98. The van der Waals surface area contributed by atoms with Gasteiger partial charge in [0.2, 0.25) is 11.7 Å². The van der Waals surface area contributed by atoms with E-state index in [2.05, 4.69) is 10.2 Å². The Morgan fingerprint density at radius 1 is 1.05 bits per heavy atom. The predicted molar refractivity (Wildman–Crippen MR) is 74.5 cm³/mol. The van der Waals surface area contributed by atoms with E-state index < -0.39 is 0 Å². The number of methoxy groups -OCH3 is 2. The molecule has 0 amide bonds. The largest absolute Gasteiger partial charge is 0.496 e. The van der Waals surface area contributed by atoms with Gasteiger partial charge in [-0.05, 0) is 37.1 Å². The summed E-state index contributed by atoms with van der Waals surface area (Å²) >= 11 is 0. The van der Waals surface area contributed by atoms with E-state index in [1.165, 1.54) is 7.11 Å². The lowest BCUT2D eigenvalue weighted by Gasteiger charge is -2.11. The molecular weight excluding hydrogens is 256 g/mol. The highest BCUT2D eigenvalue weighted by Gasteiger charge is 2.19. The number of rotatable bonds is 4. The molecule has 1 aromatic carbocycles. The summed E-state index contributed by atoms with van der Waals surface area (Å²) < 4.78 is 10.2. The monoisotopic (exact) mass is 272 g/mol. The highest BCUT2D eigenvalue weighted by molar-refractivity contribution is 6.10. The van der Waals surface area contributed by atoms with Crippen molar-refractivity contribution in [2.24, 2.45) is 0 Å². The molecule has 1 aromatic heterocycles. The second-order valence-corrected chi connectivity index (χ2v) is 4.45. The third-order valence-electron chi connectivity index (χ3n) is 2.97. The van der Waals surface area contributed by atoms with Crippen molar-refractivity contribution in [3.05, 3.63) is 46.6 Å². The van der Waals surface area contributed by atoms with Gasteiger partial charge in [0.25, 0.3) is 0 Å². The van der Waals surface area contributed by atoms with Crippen LogP contribution >= 0.6 is 0 Å². The maximum absolute atomic E-state index is 12.5. The smallest absolute Gasteiger partial charge is 0.233 e. The van der Waals surface area contributed by atoms with Crippen molar-refractivity contribution in [2.75, 3.05) is 14.2 Å². The van der Waals surface area contributed by atoms with Crippen LogP contribution in [0.1, 0.15) is 27.2 Å². The lowest BCUT2D eigenvalue weighted by atomic mass is 9.99. The summed E-state index contributed by atoms with van der Waals surface area (Å²) in [5.74, 6) is 0.703. The number of aryl methyl sites for hydroxylation is 2. The van der Waals surface area contributed by atoms with Gasteiger partial charge in [-0.15, -0.1) is 10.2 Å². The van der Waals surface area contributed by atoms with Crippen molar-refractivity contribution in [1.82, 2.24) is 10.2 Å². The Bertz CT molecular complexity index is 636. The molecule has 0 saturated carbocycles. The minimum Gasteiger partial charge on any atom is -0.496 e. The Labute approximate surface area is 117 Å². The van der Waals surface area contributed by atoms with Crippen LogP contribution in [0, 0.1) is 13.8 Å². The molecule has 0 unspecified atom stereocenters. The molecule has 0 bridgehead atoms. The molecule has 104 valence electrons. The van der Waals surface area contributed by atoms with Crippen LogP contribution in [0.2, 0.25) is 0 Å². The third-order valence-corrected chi connectivity index (χ3v) is 2.97. The first-order valence-electron chi connectivity index (χ1n) is 6.14. The topological polar surface area (TPSA) is 61.3 Å². The normalized spacial score (nSPS) is 10.2. The number of benzene rings is 1. The van der Waals surface area contributed by atoms with Crippen LogP contribution in [0.25, 0.3) is 0 Å². The van der Waals surface area contributed by atoms with Crippen molar-refractivity contribution >= 4 is 5.78 Å². The van der Waals surface area contributed by atoms with Crippen LogP contribution in [0.4, 0.5) is 0 Å². The minimum atomic E-state index is -0.213. The number of nitrogens with zero attached hydrogens (tertiary/aromatic N) is 2. The lowest BCUT2D eigenvalue weighted by Crippen LogP contribution is -2.09. The second kappa shape index (κ2) is 5.69. The zero-order chi connectivity index (χ0) is 14.7. The molecule has 0 radical (unpaired) electrons. The molecule has 2 aromatic rings. The Hall–Kier alpha value is -2.43. The van der Waals surface area contributed by atoms with Gasteiger partial charge in [0, 0.05) is 6.07 Å². The van der Waals surface area contributed by atoms with Crippen molar-refractivity contribution in [1.29, 1.82) is 0 Å². The van der Waals surface area contributed by atoms with Gasteiger partial charge in [-0.2, -0.15) is 0 Å². The second-order valence-electron chi connectivity index (χ2n) is 4.45. The third kappa shape index (κ3) is 2.61. The number of aromatic nitrogens is 2. The fraction of sp³-hybridized carbons (Fsp3) is 0.267. The maximum atomic E-state index is 12.5. The van der Waals surface area contributed by atoms with Gasteiger partial charge in [-0.1, -0.05) is 6.07 Å². The summed E-state index contributed by atoms with van der Waals surface area (Å²) in [6, 6.07) is 6.97. The Balaban J connectivity index is 2.47. The van der Waals surface area contributed by atoms with Gasteiger partial charge in [-0.3, -0.25) is 4.79 Å². The molecule has 1 heterocycles. The molecule has 0 saturated heterocycles. The first kappa shape index (κ1) is 14.0. The summed E-state index contributed by atoms with van der Waals surface area (Å²) in [4.78, 5) is 12.5. The molecule has 0 atom stereocenters. The Morgan fingerprint density at radius 3 is 2.35 bits per heavy atom. The van der Waals surface area contributed by atoms with Crippen molar-refractivity contribution in [3.63, 3.8) is 0 Å². The molecule has 20 heavy (non-hydrogen) atoms. The van der Waals surface area contributed by atoms with Gasteiger partial charge in [0.15, 0.2) is 0 Å². The van der Waals surface area contributed by atoms with Crippen LogP contribution in [0.3, 0.4) is 0 Å². The summed E-state index contributed by atoms with van der Waals surface area (Å²) in [5.41, 5.74) is 2.66. The van der Waals surface area contributed by atoms with Crippen molar-refractivity contribution in [3.8, 4) is 11.6 Å². The first-order chi connectivity index (χ1) is 9.56. The van der Waals surface area contributed by atoms with E-state index in [4.69, 9.17) is 9.47 Å². The molecule has 0 aliphatic rings. The average Bonchev–Trinajstić information content (AvgIpc) is 2.46. The zero-order valence-corrected chi connectivity index (χ0v) is 11.9. The van der Waals surface area contributed by atoms with Gasteiger partial charge in [0.05, 0.1) is 19.8 Å².